The first-order chi connectivity index (χ1) is 13.4. The van der Waals surface area contributed by atoms with Gasteiger partial charge in [-0.3, -0.25) is 4.57 Å². The second kappa shape index (κ2) is 7.48. The first kappa shape index (κ1) is 18.8. The van der Waals surface area contributed by atoms with E-state index in [1.54, 1.807) is 18.4 Å². The van der Waals surface area contributed by atoms with Gasteiger partial charge in [0.15, 0.2) is 15.3 Å². The van der Waals surface area contributed by atoms with Crippen LogP contribution in [0.1, 0.15) is 32.4 Å². The van der Waals surface area contributed by atoms with Gasteiger partial charge in [-0.1, -0.05) is 20.8 Å². The molecule has 0 aliphatic heterocycles. The van der Waals surface area contributed by atoms with Crippen molar-refractivity contribution in [3.63, 3.8) is 0 Å². The molecule has 0 aliphatic rings. The molecule has 0 saturated carbocycles. The van der Waals surface area contributed by atoms with Crippen LogP contribution in [0.3, 0.4) is 0 Å². The van der Waals surface area contributed by atoms with Crippen molar-refractivity contribution >= 4 is 23.3 Å². The van der Waals surface area contributed by atoms with Crippen LogP contribution in [0.25, 0.3) is 11.4 Å². The van der Waals surface area contributed by atoms with E-state index in [0.29, 0.717) is 17.5 Å². The van der Waals surface area contributed by atoms with E-state index in [9.17, 15) is 4.39 Å². The Morgan fingerprint density at radius 2 is 1.93 bits per heavy atom. The zero-order valence-electron chi connectivity index (χ0n) is 15.6. The number of aromatic nitrogens is 5. The summed E-state index contributed by atoms with van der Waals surface area (Å²) in [6.45, 7) is 6.70. The topological polar surface area (TPSA) is 69.6 Å². The van der Waals surface area contributed by atoms with Crippen molar-refractivity contribution in [1.82, 2.24) is 24.1 Å². The van der Waals surface area contributed by atoms with Crippen LogP contribution in [0.4, 0.5) is 4.39 Å². The first-order valence-electron chi connectivity index (χ1n) is 8.64. The second-order valence-corrected chi connectivity index (χ2v) is 9.18. The maximum absolute atomic E-state index is 13.3. The van der Waals surface area contributed by atoms with Gasteiger partial charge in [0, 0.05) is 11.0 Å². The molecule has 0 bridgehead atoms. The average Bonchev–Trinajstić information content (AvgIpc) is 3.38. The SMILES string of the molecule is CC(C)(C)c1nsc(Sc2nnc(-c3ccc(F)cc3)n2Cc2ccco2)n1. The molecular formula is C19H18FN5OS2. The van der Waals surface area contributed by atoms with E-state index >= 15 is 0 Å². The summed E-state index contributed by atoms with van der Waals surface area (Å²) in [5.41, 5.74) is 0.663. The highest BCUT2D eigenvalue weighted by Crippen LogP contribution is 2.33. The van der Waals surface area contributed by atoms with Crippen LogP contribution < -0.4 is 0 Å². The Morgan fingerprint density at radius 3 is 2.57 bits per heavy atom. The Balaban J connectivity index is 1.70. The minimum absolute atomic E-state index is 0.115. The summed E-state index contributed by atoms with van der Waals surface area (Å²) < 4.78 is 26.0. The maximum atomic E-state index is 13.3. The number of rotatable bonds is 5. The fraction of sp³-hybridized carbons (Fsp3) is 0.263. The highest BCUT2D eigenvalue weighted by atomic mass is 32.2. The predicted molar refractivity (Wildman–Crippen MR) is 106 cm³/mol. The lowest BCUT2D eigenvalue weighted by Crippen LogP contribution is -2.12. The van der Waals surface area contributed by atoms with E-state index < -0.39 is 0 Å². The number of nitrogens with zero attached hydrogens (tertiary/aromatic N) is 5. The Labute approximate surface area is 170 Å². The van der Waals surface area contributed by atoms with Gasteiger partial charge in [0.2, 0.25) is 0 Å². The van der Waals surface area contributed by atoms with Gasteiger partial charge in [-0.25, -0.2) is 9.37 Å². The summed E-state index contributed by atoms with van der Waals surface area (Å²) in [5, 5.41) is 9.35. The second-order valence-electron chi connectivity index (χ2n) is 7.21. The number of hydrogen-bond donors (Lipinski definition) is 0. The Morgan fingerprint density at radius 1 is 1.14 bits per heavy atom. The van der Waals surface area contributed by atoms with Gasteiger partial charge in [-0.15, -0.1) is 10.2 Å². The predicted octanol–water partition coefficient (Wildman–Crippen LogP) is 5.03. The highest BCUT2D eigenvalue weighted by molar-refractivity contribution is 8.00. The third kappa shape index (κ3) is 4.00. The molecule has 3 heterocycles. The van der Waals surface area contributed by atoms with Gasteiger partial charge < -0.3 is 4.42 Å². The summed E-state index contributed by atoms with van der Waals surface area (Å²) in [5.74, 6) is 1.92. The van der Waals surface area contributed by atoms with Gasteiger partial charge in [0.1, 0.15) is 17.4 Å². The highest BCUT2D eigenvalue weighted by Gasteiger charge is 2.22. The monoisotopic (exact) mass is 415 g/mol. The van der Waals surface area contributed by atoms with Crippen molar-refractivity contribution in [3.05, 3.63) is 60.1 Å². The van der Waals surface area contributed by atoms with E-state index in [4.69, 9.17) is 4.42 Å². The summed E-state index contributed by atoms with van der Waals surface area (Å²) in [4.78, 5) is 4.62. The number of halogens is 1. The third-order valence-electron chi connectivity index (χ3n) is 3.97. The molecule has 0 radical (unpaired) electrons. The molecule has 3 aromatic heterocycles. The molecule has 0 spiro atoms. The number of hydrogen-bond acceptors (Lipinski definition) is 7. The van der Waals surface area contributed by atoms with Crippen molar-refractivity contribution in [3.8, 4) is 11.4 Å². The lowest BCUT2D eigenvalue weighted by atomic mass is 9.96. The van der Waals surface area contributed by atoms with Crippen LogP contribution in [0, 0.1) is 5.82 Å². The Kier molecular flexibility index (Phi) is 5.03. The molecule has 0 amide bonds. The summed E-state index contributed by atoms with van der Waals surface area (Å²) in [6.07, 6.45) is 1.63. The summed E-state index contributed by atoms with van der Waals surface area (Å²) >= 11 is 2.75. The van der Waals surface area contributed by atoms with E-state index in [1.165, 1.54) is 35.4 Å². The molecule has 0 atom stereocenters. The Hall–Kier alpha value is -2.52. The van der Waals surface area contributed by atoms with E-state index in [-0.39, 0.29) is 11.2 Å². The smallest absolute Gasteiger partial charge is 0.199 e. The van der Waals surface area contributed by atoms with Crippen LogP contribution in [0.5, 0.6) is 0 Å². The lowest BCUT2D eigenvalue weighted by Gasteiger charge is -2.12. The van der Waals surface area contributed by atoms with Crippen LogP contribution in [0.2, 0.25) is 0 Å². The quantitative estimate of drug-likeness (QED) is 0.456. The molecule has 0 fully saturated rings. The lowest BCUT2D eigenvalue weighted by molar-refractivity contribution is 0.485. The van der Waals surface area contributed by atoms with E-state index in [1.807, 2.05) is 16.7 Å². The molecule has 6 nitrogen and oxygen atoms in total. The maximum Gasteiger partial charge on any atom is 0.199 e. The van der Waals surface area contributed by atoms with Gasteiger partial charge in [0.25, 0.3) is 0 Å². The molecule has 1 aromatic carbocycles. The van der Waals surface area contributed by atoms with Gasteiger partial charge in [0.05, 0.1) is 12.8 Å². The van der Waals surface area contributed by atoms with Crippen LogP contribution >= 0.6 is 23.3 Å². The molecule has 0 N–H and O–H groups in total. The van der Waals surface area contributed by atoms with Crippen molar-refractivity contribution in [2.75, 3.05) is 0 Å². The molecule has 0 unspecified atom stereocenters. The molecule has 28 heavy (non-hydrogen) atoms. The summed E-state index contributed by atoms with van der Waals surface area (Å²) in [7, 11) is 0. The molecule has 9 heteroatoms. The van der Waals surface area contributed by atoms with Gasteiger partial charge >= 0.3 is 0 Å². The van der Waals surface area contributed by atoms with Crippen molar-refractivity contribution < 1.29 is 8.81 Å². The van der Waals surface area contributed by atoms with Crippen LogP contribution in [-0.4, -0.2) is 24.1 Å². The minimum atomic E-state index is -0.293. The van der Waals surface area contributed by atoms with Crippen molar-refractivity contribution in [1.29, 1.82) is 0 Å². The average molecular weight is 416 g/mol. The number of furan rings is 1. The first-order valence-corrected chi connectivity index (χ1v) is 10.2. The normalized spacial score (nSPS) is 11.9. The Bertz CT molecular complexity index is 1060. The molecule has 0 saturated heterocycles. The molecule has 4 aromatic rings. The summed E-state index contributed by atoms with van der Waals surface area (Å²) in [6, 6.07) is 9.93. The van der Waals surface area contributed by atoms with E-state index in [2.05, 4.69) is 40.3 Å². The molecular weight excluding hydrogens is 397 g/mol. The largest absolute Gasteiger partial charge is 0.467 e. The third-order valence-corrected chi connectivity index (χ3v) is 5.71. The minimum Gasteiger partial charge on any atom is -0.467 e. The number of benzene rings is 1. The van der Waals surface area contributed by atoms with Crippen LogP contribution in [0.15, 0.2) is 56.6 Å². The molecule has 0 aliphatic carbocycles. The van der Waals surface area contributed by atoms with Crippen molar-refractivity contribution in [2.24, 2.45) is 0 Å². The van der Waals surface area contributed by atoms with Crippen molar-refractivity contribution in [2.45, 2.75) is 42.2 Å². The van der Waals surface area contributed by atoms with Gasteiger partial charge in [-0.05, 0) is 59.7 Å². The van der Waals surface area contributed by atoms with Crippen LogP contribution in [-0.2, 0) is 12.0 Å². The zero-order valence-corrected chi connectivity index (χ0v) is 17.2. The molecule has 4 rings (SSSR count). The van der Waals surface area contributed by atoms with Gasteiger partial charge in [-0.2, -0.15) is 4.37 Å². The van der Waals surface area contributed by atoms with E-state index in [0.717, 1.165) is 21.5 Å². The fourth-order valence-electron chi connectivity index (χ4n) is 2.51. The molecule has 144 valence electrons. The zero-order chi connectivity index (χ0) is 19.7. The standard InChI is InChI=1S/C19H18FN5OS2/c1-19(2,3)16-21-18(28-24-16)27-17-23-22-15(12-6-8-13(20)9-7-12)25(17)11-14-5-4-10-26-14/h4-10H,11H2,1-3H3. The fourth-order valence-corrected chi connectivity index (χ4v) is 4.23.